The van der Waals surface area contributed by atoms with Gasteiger partial charge in [-0.25, -0.2) is 0 Å². The molecule has 0 bridgehead atoms. The lowest BCUT2D eigenvalue weighted by atomic mass is 9.77. The normalized spacial score (nSPS) is 26.5. The largest absolute Gasteiger partial charge is 0.497 e. The molecule has 1 saturated carbocycles. The maximum Gasteiger partial charge on any atom is 0.227 e. The van der Waals surface area contributed by atoms with E-state index in [-0.39, 0.29) is 30.4 Å². The molecule has 2 aliphatic rings. The molecule has 1 aromatic rings. The average molecular weight is 390 g/mol. The van der Waals surface area contributed by atoms with E-state index in [9.17, 15) is 9.59 Å². The maximum atomic E-state index is 13.0. The van der Waals surface area contributed by atoms with Crippen LogP contribution in [-0.2, 0) is 20.7 Å². The number of benzene rings is 1. The molecule has 2 fully saturated rings. The predicted octanol–water partition coefficient (Wildman–Crippen LogP) is 1.63. The van der Waals surface area contributed by atoms with Crippen LogP contribution in [0.25, 0.3) is 0 Å². The molecule has 1 heterocycles. The number of carbonyl (C=O) groups excluding carboxylic acids is 2. The molecule has 0 radical (unpaired) electrons. The van der Waals surface area contributed by atoms with Gasteiger partial charge in [0.25, 0.3) is 0 Å². The molecule has 7 heteroatoms. The molecule has 0 spiro atoms. The van der Waals surface area contributed by atoms with Crippen molar-refractivity contribution in [3.05, 3.63) is 23.8 Å². The first kappa shape index (κ1) is 20.5. The van der Waals surface area contributed by atoms with Crippen LogP contribution in [0.2, 0.25) is 0 Å². The lowest BCUT2D eigenvalue weighted by molar-refractivity contribution is -0.129. The molecule has 1 saturated heterocycles. The molecule has 28 heavy (non-hydrogen) atoms. The van der Waals surface area contributed by atoms with Crippen molar-refractivity contribution in [1.29, 1.82) is 0 Å². The van der Waals surface area contributed by atoms with Gasteiger partial charge in [-0.15, -0.1) is 0 Å². The van der Waals surface area contributed by atoms with E-state index in [0.29, 0.717) is 23.3 Å². The number of hydrogen-bond acceptors (Lipinski definition) is 5. The minimum Gasteiger partial charge on any atom is -0.497 e. The van der Waals surface area contributed by atoms with Gasteiger partial charge >= 0.3 is 0 Å². The second kappa shape index (κ2) is 8.82. The number of ether oxygens (including phenoxy) is 3. The van der Waals surface area contributed by atoms with E-state index in [4.69, 9.17) is 14.2 Å². The number of hydrogen-bond donors (Lipinski definition) is 1. The van der Waals surface area contributed by atoms with Gasteiger partial charge in [0.15, 0.2) is 0 Å². The van der Waals surface area contributed by atoms with E-state index < -0.39 is 0 Å². The number of likely N-dealkylation sites (tertiary alicyclic amines) is 1. The Labute approximate surface area is 166 Å². The number of rotatable bonds is 6. The summed E-state index contributed by atoms with van der Waals surface area (Å²) < 4.78 is 16.3. The monoisotopic (exact) mass is 390 g/mol. The first-order valence-electron chi connectivity index (χ1n) is 9.73. The fourth-order valence-electron chi connectivity index (χ4n) is 4.59. The molecule has 1 aliphatic heterocycles. The first-order valence-corrected chi connectivity index (χ1v) is 9.73. The summed E-state index contributed by atoms with van der Waals surface area (Å²) in [5.41, 5.74) is 0.826. The molecule has 2 amide bonds. The predicted molar refractivity (Wildman–Crippen MR) is 104 cm³/mol. The van der Waals surface area contributed by atoms with Crippen molar-refractivity contribution in [3.63, 3.8) is 0 Å². The summed E-state index contributed by atoms with van der Waals surface area (Å²) in [6.45, 7) is 3.00. The fraction of sp³-hybridized carbons (Fsp3) is 0.619. The molecule has 0 unspecified atom stereocenters. The highest BCUT2D eigenvalue weighted by atomic mass is 16.5. The summed E-state index contributed by atoms with van der Waals surface area (Å²) in [5, 5.41) is 3.01. The first-order chi connectivity index (χ1) is 13.4. The number of methoxy groups -OCH3 is 3. The minimum absolute atomic E-state index is 0.00122. The Hall–Kier alpha value is -2.28. The van der Waals surface area contributed by atoms with Gasteiger partial charge in [0.1, 0.15) is 11.5 Å². The summed E-state index contributed by atoms with van der Waals surface area (Å²) >= 11 is 0. The van der Waals surface area contributed by atoms with Crippen molar-refractivity contribution in [1.82, 2.24) is 10.2 Å². The Kier molecular flexibility index (Phi) is 6.44. The lowest BCUT2D eigenvalue weighted by Crippen LogP contribution is -2.49. The molecule has 3 rings (SSSR count). The summed E-state index contributed by atoms with van der Waals surface area (Å²) in [6.07, 6.45) is 1.98. The highest BCUT2D eigenvalue weighted by Gasteiger charge is 2.43. The van der Waals surface area contributed by atoms with Crippen molar-refractivity contribution in [2.75, 3.05) is 34.4 Å². The van der Waals surface area contributed by atoms with E-state index in [1.807, 2.05) is 23.1 Å². The zero-order valence-corrected chi connectivity index (χ0v) is 17.1. The Morgan fingerprint density at radius 1 is 1.11 bits per heavy atom. The number of carbonyl (C=O) groups is 2. The summed E-state index contributed by atoms with van der Waals surface area (Å²) in [5.74, 6) is 2.24. The van der Waals surface area contributed by atoms with Crippen LogP contribution in [0.4, 0.5) is 0 Å². The van der Waals surface area contributed by atoms with E-state index in [0.717, 1.165) is 31.5 Å². The quantitative estimate of drug-likeness (QED) is 0.799. The molecule has 1 aliphatic carbocycles. The molecule has 154 valence electrons. The molecule has 4 atom stereocenters. The average Bonchev–Trinajstić information content (AvgIpc) is 3.09. The maximum absolute atomic E-state index is 13.0. The number of nitrogens with one attached hydrogen (secondary N) is 1. The topological polar surface area (TPSA) is 77.1 Å². The summed E-state index contributed by atoms with van der Waals surface area (Å²) in [6, 6.07) is 5.52. The lowest BCUT2D eigenvalue weighted by Gasteiger charge is -2.37. The molecule has 0 aromatic heterocycles. The minimum atomic E-state index is -0.0402. The third-order valence-corrected chi connectivity index (χ3v) is 5.99. The van der Waals surface area contributed by atoms with E-state index in [2.05, 4.69) is 5.32 Å². The van der Waals surface area contributed by atoms with Crippen LogP contribution in [-0.4, -0.2) is 63.3 Å². The van der Waals surface area contributed by atoms with Gasteiger partial charge in [0, 0.05) is 32.7 Å². The number of amides is 2. The van der Waals surface area contributed by atoms with E-state index in [1.165, 1.54) is 6.92 Å². The summed E-state index contributed by atoms with van der Waals surface area (Å²) in [7, 11) is 4.90. The van der Waals surface area contributed by atoms with Gasteiger partial charge in [-0.1, -0.05) is 0 Å². The van der Waals surface area contributed by atoms with Crippen molar-refractivity contribution < 1.29 is 23.8 Å². The fourth-order valence-corrected chi connectivity index (χ4v) is 4.59. The van der Waals surface area contributed by atoms with Crippen LogP contribution >= 0.6 is 0 Å². The van der Waals surface area contributed by atoms with Gasteiger partial charge in [0.05, 0.1) is 32.8 Å². The molecule has 7 nitrogen and oxygen atoms in total. The third-order valence-electron chi connectivity index (χ3n) is 5.99. The van der Waals surface area contributed by atoms with Gasteiger partial charge in [-0.3, -0.25) is 9.59 Å². The second-order valence-corrected chi connectivity index (χ2v) is 7.73. The Bertz CT molecular complexity index is 723. The van der Waals surface area contributed by atoms with Crippen LogP contribution in [0.5, 0.6) is 11.5 Å². The van der Waals surface area contributed by atoms with Gasteiger partial charge < -0.3 is 24.4 Å². The van der Waals surface area contributed by atoms with Gasteiger partial charge in [0.2, 0.25) is 11.8 Å². The highest BCUT2D eigenvalue weighted by molar-refractivity contribution is 5.80. The Balaban J connectivity index is 1.67. The van der Waals surface area contributed by atoms with Crippen LogP contribution in [0.1, 0.15) is 25.3 Å². The molecule has 1 aromatic carbocycles. The third kappa shape index (κ3) is 4.41. The van der Waals surface area contributed by atoms with E-state index in [1.54, 1.807) is 21.3 Å². The Morgan fingerprint density at radius 2 is 1.82 bits per heavy atom. The molecule has 1 N–H and O–H groups in total. The van der Waals surface area contributed by atoms with Crippen LogP contribution in [0.15, 0.2) is 18.2 Å². The van der Waals surface area contributed by atoms with Crippen molar-refractivity contribution in [2.45, 2.75) is 38.3 Å². The van der Waals surface area contributed by atoms with Gasteiger partial charge in [-0.2, -0.15) is 0 Å². The van der Waals surface area contributed by atoms with Crippen molar-refractivity contribution in [3.8, 4) is 11.5 Å². The zero-order valence-electron chi connectivity index (χ0n) is 17.1. The van der Waals surface area contributed by atoms with Gasteiger partial charge in [-0.05, 0) is 42.9 Å². The van der Waals surface area contributed by atoms with Crippen molar-refractivity contribution >= 4 is 11.8 Å². The van der Waals surface area contributed by atoms with Crippen LogP contribution in [0.3, 0.4) is 0 Å². The van der Waals surface area contributed by atoms with Crippen molar-refractivity contribution in [2.24, 2.45) is 11.8 Å². The standard InChI is InChI=1S/C21H30N2O5/c1-13(24)22-18-8-15-11-23(12-16(15)9-20(18)28-4)21(25)10-14-7-17(26-2)5-6-19(14)27-3/h5-7,15-16,18,20H,8-12H2,1-4H3,(H,22,24)/t15-,16+,18-,20-/m1/s1. The van der Waals surface area contributed by atoms with Crippen LogP contribution in [0, 0.1) is 11.8 Å². The second-order valence-electron chi connectivity index (χ2n) is 7.73. The van der Waals surface area contributed by atoms with Crippen LogP contribution < -0.4 is 14.8 Å². The number of nitrogens with zero attached hydrogens (tertiary/aromatic N) is 1. The SMILES string of the molecule is COc1ccc(OC)c(CC(=O)N2C[C@H]3C[C@@H](NC(C)=O)[C@H](OC)C[C@H]3C2)c1. The summed E-state index contributed by atoms with van der Waals surface area (Å²) in [4.78, 5) is 26.4. The van der Waals surface area contributed by atoms with E-state index >= 15 is 0 Å². The molecular weight excluding hydrogens is 360 g/mol. The molecular formula is C21H30N2O5. The smallest absolute Gasteiger partial charge is 0.227 e. The number of fused-ring (bicyclic) bond motifs is 1. The Morgan fingerprint density at radius 3 is 2.43 bits per heavy atom. The zero-order chi connectivity index (χ0) is 20.3. The highest BCUT2D eigenvalue weighted by Crippen LogP contribution is 2.38.